The zero-order valence-electron chi connectivity index (χ0n) is 12.8. The standard InChI is InChI=1S/C15H24O2.CH2O3/c1-8-10(3-5-12-14(8)16-12)7-11-4-6-13-15(17-13)9(11)2;2-1(3)4/h8-15H,3-7H2,1-2H3;(H2,2,3,4). The molecule has 2 aliphatic carbocycles. The van der Waals surface area contributed by atoms with Crippen molar-refractivity contribution in [2.75, 3.05) is 0 Å². The lowest BCUT2D eigenvalue weighted by molar-refractivity contribution is 0.137. The molecule has 2 saturated carbocycles. The lowest BCUT2D eigenvalue weighted by Gasteiger charge is -2.33. The Morgan fingerprint density at radius 3 is 1.67 bits per heavy atom. The minimum atomic E-state index is -1.83. The van der Waals surface area contributed by atoms with Crippen LogP contribution in [0.3, 0.4) is 0 Å². The van der Waals surface area contributed by atoms with Crippen molar-refractivity contribution in [2.24, 2.45) is 23.7 Å². The highest BCUT2D eigenvalue weighted by atomic mass is 16.6. The molecule has 4 fully saturated rings. The topological polar surface area (TPSA) is 82.6 Å². The second kappa shape index (κ2) is 5.76. The van der Waals surface area contributed by atoms with Crippen LogP contribution in [0.25, 0.3) is 0 Å². The predicted octanol–water partition coefficient (Wildman–Crippen LogP) is 3.23. The number of ether oxygens (including phenoxy) is 2. The van der Waals surface area contributed by atoms with Crippen LogP contribution in [-0.2, 0) is 9.47 Å². The number of hydrogen-bond acceptors (Lipinski definition) is 3. The van der Waals surface area contributed by atoms with E-state index in [4.69, 9.17) is 24.5 Å². The average molecular weight is 298 g/mol. The first-order chi connectivity index (χ1) is 9.97. The minimum absolute atomic E-state index is 0.623. The molecule has 0 radical (unpaired) electrons. The molecule has 120 valence electrons. The first-order valence-electron chi connectivity index (χ1n) is 8.20. The zero-order chi connectivity index (χ0) is 15.1. The summed E-state index contributed by atoms with van der Waals surface area (Å²) in [6.45, 7) is 4.83. The summed E-state index contributed by atoms with van der Waals surface area (Å²) in [5.41, 5.74) is 0. The van der Waals surface area contributed by atoms with Crippen LogP contribution < -0.4 is 0 Å². The van der Waals surface area contributed by atoms with E-state index in [1.807, 2.05) is 0 Å². The molecule has 0 amide bonds. The summed E-state index contributed by atoms with van der Waals surface area (Å²) in [6, 6.07) is 0. The van der Waals surface area contributed by atoms with Gasteiger partial charge in [-0.05, 0) is 55.8 Å². The molecule has 5 nitrogen and oxygen atoms in total. The summed E-state index contributed by atoms with van der Waals surface area (Å²) in [7, 11) is 0. The quantitative estimate of drug-likeness (QED) is 0.765. The molecular weight excluding hydrogens is 272 g/mol. The highest BCUT2D eigenvalue weighted by molar-refractivity contribution is 5.53. The van der Waals surface area contributed by atoms with Crippen molar-refractivity contribution < 1.29 is 24.5 Å². The fourth-order valence-electron chi connectivity index (χ4n) is 4.58. The van der Waals surface area contributed by atoms with Gasteiger partial charge < -0.3 is 19.7 Å². The van der Waals surface area contributed by atoms with Crippen LogP contribution in [0.1, 0.15) is 46.0 Å². The van der Waals surface area contributed by atoms with Gasteiger partial charge in [0.05, 0.1) is 24.4 Å². The van der Waals surface area contributed by atoms with E-state index in [-0.39, 0.29) is 0 Å². The zero-order valence-corrected chi connectivity index (χ0v) is 12.8. The second-order valence-corrected chi connectivity index (χ2v) is 7.19. The van der Waals surface area contributed by atoms with Gasteiger partial charge in [-0.1, -0.05) is 13.8 Å². The van der Waals surface area contributed by atoms with Crippen LogP contribution in [0.2, 0.25) is 0 Å². The minimum Gasteiger partial charge on any atom is -0.450 e. The monoisotopic (exact) mass is 298 g/mol. The average Bonchev–Trinajstić information content (AvgIpc) is 3.28. The summed E-state index contributed by atoms with van der Waals surface area (Å²) < 4.78 is 11.5. The molecule has 2 aliphatic heterocycles. The lowest BCUT2D eigenvalue weighted by atomic mass is 9.70. The summed E-state index contributed by atoms with van der Waals surface area (Å²) in [6.07, 6.45) is 7.58. The maximum Gasteiger partial charge on any atom is 0.503 e. The van der Waals surface area contributed by atoms with Crippen LogP contribution in [0.5, 0.6) is 0 Å². The highest BCUT2D eigenvalue weighted by Gasteiger charge is 2.52. The van der Waals surface area contributed by atoms with E-state index >= 15 is 0 Å². The van der Waals surface area contributed by atoms with Gasteiger partial charge in [0.2, 0.25) is 0 Å². The Bertz CT molecular complexity index is 364. The van der Waals surface area contributed by atoms with Gasteiger partial charge >= 0.3 is 6.16 Å². The van der Waals surface area contributed by atoms with Gasteiger partial charge in [-0.15, -0.1) is 0 Å². The molecule has 0 aromatic rings. The molecule has 2 heterocycles. The summed E-state index contributed by atoms with van der Waals surface area (Å²) >= 11 is 0. The van der Waals surface area contributed by atoms with Crippen molar-refractivity contribution in [3.8, 4) is 0 Å². The van der Waals surface area contributed by atoms with Crippen LogP contribution in [0.4, 0.5) is 4.79 Å². The smallest absolute Gasteiger partial charge is 0.450 e. The molecule has 4 rings (SSSR count). The maximum atomic E-state index is 8.56. The molecule has 0 aromatic heterocycles. The number of carboxylic acid groups (broad SMARTS) is 2. The van der Waals surface area contributed by atoms with Crippen molar-refractivity contribution in [1.29, 1.82) is 0 Å². The van der Waals surface area contributed by atoms with E-state index in [1.165, 1.54) is 32.1 Å². The van der Waals surface area contributed by atoms with Crippen molar-refractivity contribution >= 4 is 6.16 Å². The normalized spacial score (nSPS) is 50.0. The highest BCUT2D eigenvalue weighted by Crippen LogP contribution is 2.50. The van der Waals surface area contributed by atoms with E-state index in [2.05, 4.69) is 13.8 Å². The Morgan fingerprint density at radius 2 is 1.29 bits per heavy atom. The van der Waals surface area contributed by atoms with E-state index < -0.39 is 6.16 Å². The van der Waals surface area contributed by atoms with Crippen molar-refractivity contribution in [3.05, 3.63) is 0 Å². The van der Waals surface area contributed by atoms with E-state index in [9.17, 15) is 0 Å². The van der Waals surface area contributed by atoms with Gasteiger partial charge in [-0.2, -0.15) is 0 Å². The summed E-state index contributed by atoms with van der Waals surface area (Å²) in [5.74, 6) is 3.44. The number of epoxide rings is 2. The van der Waals surface area contributed by atoms with Crippen LogP contribution in [-0.4, -0.2) is 40.8 Å². The molecule has 8 atom stereocenters. The van der Waals surface area contributed by atoms with Crippen molar-refractivity contribution in [1.82, 2.24) is 0 Å². The van der Waals surface area contributed by atoms with Crippen LogP contribution in [0.15, 0.2) is 0 Å². The van der Waals surface area contributed by atoms with E-state index in [1.54, 1.807) is 0 Å². The molecule has 2 N–H and O–H groups in total. The third-order valence-corrected chi connectivity index (χ3v) is 6.02. The van der Waals surface area contributed by atoms with Crippen LogP contribution >= 0.6 is 0 Å². The molecule has 2 saturated heterocycles. The Kier molecular flexibility index (Phi) is 4.14. The molecule has 0 bridgehead atoms. The largest absolute Gasteiger partial charge is 0.503 e. The molecule has 5 heteroatoms. The Morgan fingerprint density at radius 1 is 0.905 bits per heavy atom. The predicted molar refractivity (Wildman–Crippen MR) is 76.4 cm³/mol. The van der Waals surface area contributed by atoms with Gasteiger partial charge in [-0.25, -0.2) is 4.79 Å². The van der Waals surface area contributed by atoms with E-state index in [0.29, 0.717) is 24.4 Å². The van der Waals surface area contributed by atoms with Crippen molar-refractivity contribution in [2.45, 2.75) is 70.4 Å². The first-order valence-corrected chi connectivity index (χ1v) is 8.20. The SMILES string of the molecule is CC1C(CC2CCC3OC3C2C)CCC2OC21.O=C(O)O. The van der Waals surface area contributed by atoms with Gasteiger partial charge in [0.1, 0.15) is 0 Å². The number of rotatable bonds is 2. The fourth-order valence-corrected chi connectivity index (χ4v) is 4.58. The Hall–Kier alpha value is -0.810. The molecule has 8 unspecified atom stereocenters. The lowest BCUT2D eigenvalue weighted by Crippen LogP contribution is -2.31. The molecule has 4 aliphatic rings. The van der Waals surface area contributed by atoms with Crippen LogP contribution in [0, 0.1) is 23.7 Å². The Labute approximate surface area is 125 Å². The summed E-state index contributed by atoms with van der Waals surface area (Å²) in [4.78, 5) is 8.56. The molecule has 21 heavy (non-hydrogen) atoms. The number of carbonyl (C=O) groups is 1. The summed E-state index contributed by atoms with van der Waals surface area (Å²) in [5, 5.41) is 13.9. The van der Waals surface area contributed by atoms with Gasteiger partial charge in [0.15, 0.2) is 0 Å². The van der Waals surface area contributed by atoms with Gasteiger partial charge in [0.25, 0.3) is 0 Å². The van der Waals surface area contributed by atoms with Gasteiger partial charge in [0, 0.05) is 0 Å². The second-order valence-electron chi connectivity index (χ2n) is 7.19. The first kappa shape index (κ1) is 15.1. The third-order valence-electron chi connectivity index (χ3n) is 6.02. The fraction of sp³-hybridized carbons (Fsp3) is 0.938. The third kappa shape index (κ3) is 3.34. The number of fused-ring (bicyclic) bond motifs is 2. The van der Waals surface area contributed by atoms with Crippen molar-refractivity contribution in [3.63, 3.8) is 0 Å². The van der Waals surface area contributed by atoms with E-state index in [0.717, 1.165) is 23.7 Å². The molecule has 0 spiro atoms. The Balaban J connectivity index is 0.000000298. The molecular formula is C16H26O5. The van der Waals surface area contributed by atoms with Gasteiger partial charge in [-0.3, -0.25) is 0 Å². The maximum absolute atomic E-state index is 8.56. The molecule has 0 aromatic carbocycles. The number of hydrogen-bond donors (Lipinski definition) is 2.